The lowest BCUT2D eigenvalue weighted by Gasteiger charge is -2.45. The highest BCUT2D eigenvalue weighted by Gasteiger charge is 2.38. The molecule has 2 nitrogen and oxygen atoms in total. The van der Waals surface area contributed by atoms with Gasteiger partial charge < -0.3 is 10.4 Å². The molecule has 0 saturated carbocycles. The van der Waals surface area contributed by atoms with Gasteiger partial charge in [0.2, 0.25) is 0 Å². The summed E-state index contributed by atoms with van der Waals surface area (Å²) in [7, 11) is 0. The quantitative estimate of drug-likeness (QED) is 0.798. The molecule has 0 bridgehead atoms. The van der Waals surface area contributed by atoms with Crippen LogP contribution >= 0.6 is 0 Å². The van der Waals surface area contributed by atoms with E-state index in [9.17, 15) is 5.11 Å². The summed E-state index contributed by atoms with van der Waals surface area (Å²) in [5.41, 5.74) is 2.66. The van der Waals surface area contributed by atoms with Gasteiger partial charge in [0.15, 0.2) is 0 Å². The molecule has 1 saturated heterocycles. The van der Waals surface area contributed by atoms with Gasteiger partial charge in [0.05, 0.1) is 0 Å². The van der Waals surface area contributed by atoms with Gasteiger partial charge in [-0.3, -0.25) is 0 Å². The minimum atomic E-state index is 0.0699. The van der Waals surface area contributed by atoms with Crippen LogP contribution in [-0.2, 0) is 0 Å². The van der Waals surface area contributed by atoms with Gasteiger partial charge in [0, 0.05) is 17.2 Å². The highest BCUT2D eigenvalue weighted by molar-refractivity contribution is 5.33. The average molecular weight is 255 g/mol. The Hall–Kier alpha value is -1.70. The first-order chi connectivity index (χ1) is 9.05. The molecule has 3 rings (SSSR count). The summed E-state index contributed by atoms with van der Waals surface area (Å²) >= 11 is 0. The lowest BCUT2D eigenvalue weighted by atomic mass is 9.70. The molecule has 1 aliphatic heterocycles. The van der Waals surface area contributed by atoms with E-state index in [1.165, 1.54) is 11.3 Å². The van der Waals surface area contributed by atoms with Crippen molar-refractivity contribution >= 4 is 0 Å². The SMILES string of the molecule is CC1(C)CC(c2ccccc2)C2CC=C(O)C=C2N1. The van der Waals surface area contributed by atoms with Crippen LogP contribution in [0.15, 0.2) is 53.9 Å². The number of benzene rings is 1. The lowest BCUT2D eigenvalue weighted by molar-refractivity contribution is 0.246. The Balaban J connectivity index is 1.98. The number of rotatable bonds is 1. The van der Waals surface area contributed by atoms with Crippen molar-refractivity contribution in [2.75, 3.05) is 0 Å². The largest absolute Gasteiger partial charge is 0.508 e. The van der Waals surface area contributed by atoms with E-state index in [1.54, 1.807) is 0 Å². The third kappa shape index (κ3) is 2.40. The zero-order valence-electron chi connectivity index (χ0n) is 11.6. The summed E-state index contributed by atoms with van der Waals surface area (Å²) in [6, 6.07) is 10.7. The van der Waals surface area contributed by atoms with Gasteiger partial charge in [-0.2, -0.15) is 0 Å². The molecule has 2 atom stereocenters. The van der Waals surface area contributed by atoms with Crippen LogP contribution in [0, 0.1) is 5.92 Å². The molecule has 2 aliphatic rings. The normalized spacial score (nSPS) is 28.7. The predicted molar refractivity (Wildman–Crippen MR) is 77.9 cm³/mol. The lowest BCUT2D eigenvalue weighted by Crippen LogP contribution is -2.48. The zero-order chi connectivity index (χ0) is 13.5. The van der Waals surface area contributed by atoms with Gasteiger partial charge in [-0.05, 0) is 50.3 Å². The second-order valence-corrected chi connectivity index (χ2v) is 6.30. The highest BCUT2D eigenvalue weighted by atomic mass is 16.3. The topological polar surface area (TPSA) is 32.3 Å². The van der Waals surface area contributed by atoms with Crippen LogP contribution in [0.3, 0.4) is 0 Å². The molecule has 1 aliphatic carbocycles. The highest BCUT2D eigenvalue weighted by Crippen LogP contribution is 2.44. The van der Waals surface area contributed by atoms with Crippen LogP contribution in [0.4, 0.5) is 0 Å². The molecule has 19 heavy (non-hydrogen) atoms. The molecule has 0 spiro atoms. The van der Waals surface area contributed by atoms with Crippen molar-refractivity contribution in [2.24, 2.45) is 5.92 Å². The van der Waals surface area contributed by atoms with Crippen molar-refractivity contribution in [1.29, 1.82) is 0 Å². The van der Waals surface area contributed by atoms with E-state index in [0.717, 1.165) is 12.8 Å². The summed E-state index contributed by atoms with van der Waals surface area (Å²) in [5.74, 6) is 1.38. The van der Waals surface area contributed by atoms with E-state index in [2.05, 4.69) is 49.5 Å². The molecule has 1 heterocycles. The Bertz CT molecular complexity index is 527. The number of hydrogen-bond donors (Lipinski definition) is 2. The van der Waals surface area contributed by atoms with E-state index < -0.39 is 0 Å². The molecular formula is C17H21NO. The molecular weight excluding hydrogens is 234 g/mol. The summed E-state index contributed by atoms with van der Waals surface area (Å²) in [5, 5.41) is 13.3. The maximum atomic E-state index is 9.72. The monoisotopic (exact) mass is 255 g/mol. The van der Waals surface area contributed by atoms with Gasteiger partial charge in [0.25, 0.3) is 0 Å². The summed E-state index contributed by atoms with van der Waals surface area (Å²) in [6.07, 6.45) is 5.86. The first-order valence-corrected chi connectivity index (χ1v) is 6.99. The third-order valence-electron chi connectivity index (χ3n) is 4.21. The zero-order valence-corrected chi connectivity index (χ0v) is 11.6. The first kappa shape index (κ1) is 12.3. The number of hydrogen-bond acceptors (Lipinski definition) is 2. The predicted octanol–water partition coefficient (Wildman–Crippen LogP) is 3.89. The van der Waals surface area contributed by atoms with Gasteiger partial charge in [-0.25, -0.2) is 0 Å². The van der Waals surface area contributed by atoms with E-state index in [0.29, 0.717) is 17.6 Å². The minimum Gasteiger partial charge on any atom is -0.508 e. The number of nitrogens with one attached hydrogen (secondary N) is 1. The second kappa shape index (κ2) is 4.44. The fourth-order valence-corrected chi connectivity index (χ4v) is 3.39. The molecule has 1 fully saturated rings. The van der Waals surface area contributed by atoms with E-state index in [1.807, 2.05) is 12.2 Å². The molecule has 1 aromatic rings. The van der Waals surface area contributed by atoms with Crippen LogP contribution in [0.25, 0.3) is 0 Å². The van der Waals surface area contributed by atoms with Gasteiger partial charge in [-0.15, -0.1) is 0 Å². The maximum absolute atomic E-state index is 9.72. The van der Waals surface area contributed by atoms with Gasteiger partial charge >= 0.3 is 0 Å². The second-order valence-electron chi connectivity index (χ2n) is 6.30. The molecule has 0 amide bonds. The van der Waals surface area contributed by atoms with Gasteiger partial charge in [0.1, 0.15) is 5.76 Å². The van der Waals surface area contributed by atoms with Crippen molar-refractivity contribution in [1.82, 2.24) is 5.32 Å². The molecule has 1 aromatic carbocycles. The number of aliphatic hydroxyl groups is 1. The molecule has 2 heteroatoms. The van der Waals surface area contributed by atoms with E-state index in [4.69, 9.17) is 0 Å². The molecule has 2 unspecified atom stereocenters. The Morgan fingerprint density at radius 3 is 2.63 bits per heavy atom. The maximum Gasteiger partial charge on any atom is 0.113 e. The first-order valence-electron chi connectivity index (χ1n) is 6.99. The van der Waals surface area contributed by atoms with Crippen molar-refractivity contribution in [3.63, 3.8) is 0 Å². The van der Waals surface area contributed by atoms with E-state index >= 15 is 0 Å². The van der Waals surface area contributed by atoms with Crippen LogP contribution in [0.2, 0.25) is 0 Å². The number of fused-ring (bicyclic) bond motifs is 1. The Labute approximate surface area is 114 Å². The molecule has 2 N–H and O–H groups in total. The van der Waals surface area contributed by atoms with Crippen molar-refractivity contribution < 1.29 is 5.11 Å². The summed E-state index contributed by atoms with van der Waals surface area (Å²) in [6.45, 7) is 4.46. The van der Waals surface area contributed by atoms with E-state index in [-0.39, 0.29) is 5.54 Å². The standard InChI is InChI=1S/C17H21NO/c1-17(2)11-15(12-6-4-3-5-7-12)14-9-8-13(19)10-16(14)18-17/h3-8,10,14-15,18-19H,9,11H2,1-2H3. The number of allylic oxidation sites excluding steroid dienone is 3. The van der Waals surface area contributed by atoms with Crippen LogP contribution in [0.5, 0.6) is 0 Å². The van der Waals surface area contributed by atoms with Crippen LogP contribution in [0.1, 0.15) is 38.2 Å². The van der Waals surface area contributed by atoms with Crippen molar-refractivity contribution in [3.8, 4) is 0 Å². The smallest absolute Gasteiger partial charge is 0.113 e. The Morgan fingerprint density at radius 2 is 1.89 bits per heavy atom. The molecule has 0 radical (unpaired) electrons. The average Bonchev–Trinajstić information content (AvgIpc) is 2.37. The molecule has 100 valence electrons. The summed E-state index contributed by atoms with van der Waals surface area (Å²) < 4.78 is 0. The fraction of sp³-hybridized carbons (Fsp3) is 0.412. The van der Waals surface area contributed by atoms with Crippen LogP contribution < -0.4 is 5.32 Å². The van der Waals surface area contributed by atoms with Gasteiger partial charge in [-0.1, -0.05) is 30.3 Å². The fourth-order valence-electron chi connectivity index (χ4n) is 3.39. The number of aliphatic hydroxyl groups excluding tert-OH is 1. The Morgan fingerprint density at radius 1 is 1.16 bits per heavy atom. The van der Waals surface area contributed by atoms with Crippen LogP contribution in [-0.4, -0.2) is 10.6 Å². The minimum absolute atomic E-state index is 0.0699. The number of piperidine rings is 1. The van der Waals surface area contributed by atoms with Crippen molar-refractivity contribution in [2.45, 2.75) is 38.1 Å². The summed E-state index contributed by atoms with van der Waals surface area (Å²) in [4.78, 5) is 0. The Kier molecular flexibility index (Phi) is 2.89. The van der Waals surface area contributed by atoms with Crippen molar-refractivity contribution in [3.05, 3.63) is 59.5 Å². The molecule has 0 aromatic heterocycles. The third-order valence-corrected chi connectivity index (χ3v) is 4.21.